The summed E-state index contributed by atoms with van der Waals surface area (Å²) in [6, 6.07) is 8.87. The Hall–Kier alpha value is -1.26. The number of hydrogen-bond donors (Lipinski definition) is 1. The van der Waals surface area contributed by atoms with Gasteiger partial charge in [-0.05, 0) is 31.4 Å². The normalized spacial score (nSPS) is 20.1. The van der Waals surface area contributed by atoms with Crippen LogP contribution in [0.1, 0.15) is 36.0 Å². The minimum atomic E-state index is -1.30. The summed E-state index contributed by atoms with van der Waals surface area (Å²) in [5.41, 5.74) is 0.551. The maximum atomic E-state index is 11.7. The monoisotopic (exact) mass is 329 g/mol. The third-order valence-electron chi connectivity index (χ3n) is 3.36. The van der Waals surface area contributed by atoms with Gasteiger partial charge < -0.3 is 10.1 Å². The lowest BCUT2D eigenvalue weighted by Crippen LogP contribution is -2.29. The summed E-state index contributed by atoms with van der Waals surface area (Å²) in [5, 5.41) is 2.76. The first-order chi connectivity index (χ1) is 9.99. The Morgan fingerprint density at radius 3 is 2.62 bits per heavy atom. The molecule has 0 radical (unpaired) electrons. The zero-order valence-corrected chi connectivity index (χ0v) is 13.0. The molecule has 21 heavy (non-hydrogen) atoms. The van der Waals surface area contributed by atoms with Gasteiger partial charge >= 0.3 is 5.97 Å². The number of benzene rings is 1. The van der Waals surface area contributed by atoms with E-state index in [4.69, 9.17) is 27.9 Å². The smallest absolute Gasteiger partial charge is 0.338 e. The van der Waals surface area contributed by atoms with Crippen LogP contribution in [0.5, 0.6) is 0 Å². The SMILES string of the molecule is O=C(OCCCCC1CC(Cl)(Cl)C(=O)N1)c1ccccc1. The summed E-state index contributed by atoms with van der Waals surface area (Å²) in [6.07, 6.45) is 2.76. The third-order valence-corrected chi connectivity index (χ3v) is 4.01. The first-order valence-corrected chi connectivity index (χ1v) is 7.65. The van der Waals surface area contributed by atoms with E-state index in [1.807, 2.05) is 6.07 Å². The Balaban J connectivity index is 1.61. The lowest BCUT2D eigenvalue weighted by Gasteiger charge is -2.10. The Kier molecular flexibility index (Phi) is 5.48. The molecule has 1 amide bonds. The quantitative estimate of drug-likeness (QED) is 0.495. The number of nitrogens with one attached hydrogen (secondary N) is 1. The van der Waals surface area contributed by atoms with Crippen LogP contribution in [0, 0.1) is 0 Å². The van der Waals surface area contributed by atoms with E-state index in [2.05, 4.69) is 5.32 Å². The zero-order chi connectivity index (χ0) is 15.3. The molecule has 1 aromatic rings. The van der Waals surface area contributed by atoms with Crippen LogP contribution in [0.15, 0.2) is 30.3 Å². The molecular formula is C15H17Cl2NO3. The maximum absolute atomic E-state index is 11.7. The second-order valence-corrected chi connectivity index (χ2v) is 6.56. The van der Waals surface area contributed by atoms with Gasteiger partial charge in [-0.3, -0.25) is 4.79 Å². The molecule has 1 aromatic carbocycles. The van der Waals surface area contributed by atoms with Gasteiger partial charge in [-0.1, -0.05) is 41.4 Å². The van der Waals surface area contributed by atoms with Crippen molar-refractivity contribution in [3.63, 3.8) is 0 Å². The fourth-order valence-corrected chi connectivity index (χ4v) is 2.72. The van der Waals surface area contributed by atoms with Gasteiger partial charge in [-0.15, -0.1) is 0 Å². The number of amides is 1. The van der Waals surface area contributed by atoms with Gasteiger partial charge in [-0.25, -0.2) is 4.79 Å². The lowest BCUT2D eigenvalue weighted by atomic mass is 10.1. The van der Waals surface area contributed by atoms with Crippen LogP contribution < -0.4 is 5.32 Å². The predicted molar refractivity (Wildman–Crippen MR) is 81.6 cm³/mol. The van der Waals surface area contributed by atoms with Crippen molar-refractivity contribution in [2.75, 3.05) is 6.61 Å². The summed E-state index contributed by atoms with van der Waals surface area (Å²) in [7, 11) is 0. The number of alkyl halides is 2. The molecule has 1 unspecified atom stereocenters. The van der Waals surface area contributed by atoms with Crippen LogP contribution in [0.2, 0.25) is 0 Å². The predicted octanol–water partition coefficient (Wildman–Crippen LogP) is 3.08. The van der Waals surface area contributed by atoms with Gasteiger partial charge in [-0.2, -0.15) is 0 Å². The molecule has 0 bridgehead atoms. The molecule has 1 aliphatic heterocycles. The van der Waals surface area contributed by atoms with E-state index in [0.717, 1.165) is 19.3 Å². The first-order valence-electron chi connectivity index (χ1n) is 6.90. The van der Waals surface area contributed by atoms with E-state index in [-0.39, 0.29) is 17.9 Å². The van der Waals surface area contributed by atoms with Crippen molar-refractivity contribution in [3.8, 4) is 0 Å². The molecule has 0 saturated carbocycles. The van der Waals surface area contributed by atoms with Crippen LogP contribution >= 0.6 is 23.2 Å². The van der Waals surface area contributed by atoms with Crippen LogP contribution in [0.4, 0.5) is 0 Å². The number of carbonyl (C=O) groups excluding carboxylic acids is 2. The molecule has 1 N–H and O–H groups in total. The van der Waals surface area contributed by atoms with Crippen molar-refractivity contribution in [2.45, 2.75) is 36.1 Å². The summed E-state index contributed by atoms with van der Waals surface area (Å²) >= 11 is 11.7. The molecule has 1 heterocycles. The van der Waals surface area contributed by atoms with Crippen molar-refractivity contribution in [1.82, 2.24) is 5.32 Å². The molecule has 4 nitrogen and oxygen atoms in total. The first kappa shape index (κ1) is 16.1. The highest BCUT2D eigenvalue weighted by Crippen LogP contribution is 2.33. The van der Waals surface area contributed by atoms with E-state index >= 15 is 0 Å². The van der Waals surface area contributed by atoms with Gasteiger partial charge in [0.2, 0.25) is 0 Å². The minimum Gasteiger partial charge on any atom is -0.462 e. The van der Waals surface area contributed by atoms with Crippen molar-refractivity contribution < 1.29 is 14.3 Å². The number of esters is 1. The van der Waals surface area contributed by atoms with Crippen molar-refractivity contribution in [2.24, 2.45) is 0 Å². The number of halogens is 2. The van der Waals surface area contributed by atoms with Crippen LogP contribution in [0.25, 0.3) is 0 Å². The number of ether oxygens (including phenoxy) is 1. The summed E-state index contributed by atoms with van der Waals surface area (Å²) in [5.74, 6) is -0.642. The molecule has 0 spiro atoms. The largest absolute Gasteiger partial charge is 0.462 e. The average Bonchev–Trinajstić information content (AvgIpc) is 2.72. The molecule has 6 heteroatoms. The fraction of sp³-hybridized carbons (Fsp3) is 0.467. The number of hydrogen-bond acceptors (Lipinski definition) is 3. The number of carbonyl (C=O) groups is 2. The Labute approximate surface area is 133 Å². The van der Waals surface area contributed by atoms with Crippen molar-refractivity contribution in [3.05, 3.63) is 35.9 Å². The molecule has 1 aliphatic rings. The van der Waals surface area contributed by atoms with E-state index in [1.165, 1.54) is 0 Å². The Morgan fingerprint density at radius 2 is 2.00 bits per heavy atom. The second kappa shape index (κ2) is 7.14. The molecule has 2 rings (SSSR count). The second-order valence-electron chi connectivity index (χ2n) is 5.08. The standard InChI is InChI=1S/C15H17Cl2NO3/c16-15(17)10-12(18-14(15)20)8-4-5-9-21-13(19)11-6-2-1-3-7-11/h1-3,6-7,12H,4-5,8-10H2,(H,18,20). The topological polar surface area (TPSA) is 55.4 Å². The Morgan fingerprint density at radius 1 is 1.29 bits per heavy atom. The third kappa shape index (κ3) is 4.61. The van der Waals surface area contributed by atoms with E-state index in [0.29, 0.717) is 18.6 Å². The molecular weight excluding hydrogens is 313 g/mol. The highest BCUT2D eigenvalue weighted by molar-refractivity contribution is 6.58. The molecule has 114 valence electrons. The number of rotatable bonds is 6. The summed E-state index contributed by atoms with van der Waals surface area (Å²) in [4.78, 5) is 23.1. The number of unbranched alkanes of at least 4 members (excludes halogenated alkanes) is 1. The summed E-state index contributed by atoms with van der Waals surface area (Å²) < 4.78 is 3.88. The molecule has 1 saturated heterocycles. The zero-order valence-electron chi connectivity index (χ0n) is 11.5. The average molecular weight is 330 g/mol. The summed E-state index contributed by atoms with van der Waals surface area (Å²) in [6.45, 7) is 0.362. The van der Waals surface area contributed by atoms with Gasteiger partial charge in [0.25, 0.3) is 5.91 Å². The van der Waals surface area contributed by atoms with Crippen molar-refractivity contribution in [1.29, 1.82) is 0 Å². The lowest BCUT2D eigenvalue weighted by molar-refractivity contribution is -0.119. The Bertz CT molecular complexity index is 505. The van der Waals surface area contributed by atoms with Gasteiger partial charge in [0.05, 0.1) is 12.2 Å². The molecule has 1 fully saturated rings. The van der Waals surface area contributed by atoms with Crippen LogP contribution in [-0.2, 0) is 9.53 Å². The maximum Gasteiger partial charge on any atom is 0.338 e. The highest BCUT2D eigenvalue weighted by atomic mass is 35.5. The van der Waals surface area contributed by atoms with Crippen molar-refractivity contribution >= 4 is 35.1 Å². The molecule has 0 aromatic heterocycles. The van der Waals surface area contributed by atoms with Gasteiger partial charge in [0, 0.05) is 12.5 Å². The van der Waals surface area contributed by atoms with Gasteiger partial charge in [0.1, 0.15) is 0 Å². The molecule has 1 atom stereocenters. The van der Waals surface area contributed by atoms with Gasteiger partial charge in [0.15, 0.2) is 4.33 Å². The fourth-order valence-electron chi connectivity index (χ4n) is 2.23. The van der Waals surface area contributed by atoms with E-state index in [9.17, 15) is 9.59 Å². The molecule has 0 aliphatic carbocycles. The minimum absolute atomic E-state index is 0.00248. The highest BCUT2D eigenvalue weighted by Gasteiger charge is 2.43. The van der Waals surface area contributed by atoms with E-state index < -0.39 is 4.33 Å². The van der Waals surface area contributed by atoms with E-state index in [1.54, 1.807) is 24.3 Å². The van der Waals surface area contributed by atoms with Crippen LogP contribution in [-0.4, -0.2) is 28.9 Å². The van der Waals surface area contributed by atoms with Crippen LogP contribution in [0.3, 0.4) is 0 Å².